The highest BCUT2D eigenvalue weighted by molar-refractivity contribution is 9.10. The molecule has 0 atom stereocenters. The monoisotopic (exact) mass is 492 g/mol. The molecule has 156 valence electrons. The summed E-state index contributed by atoms with van der Waals surface area (Å²) >= 11 is 5.24. The summed E-state index contributed by atoms with van der Waals surface area (Å²) in [4.78, 5) is 16.1. The van der Waals surface area contributed by atoms with E-state index in [9.17, 15) is 0 Å². The maximum atomic E-state index is 8.09. The highest BCUT2D eigenvalue weighted by atomic mass is 79.9. The molecule has 0 amide bonds. The van der Waals surface area contributed by atoms with Gasteiger partial charge in [-0.1, -0.05) is 28.1 Å². The molecule has 2 aliphatic rings. The van der Waals surface area contributed by atoms with Crippen LogP contribution in [0.3, 0.4) is 0 Å². The van der Waals surface area contributed by atoms with E-state index in [2.05, 4.69) is 48.2 Å². The normalized spacial score (nSPS) is 16.0. The van der Waals surface area contributed by atoms with Crippen LogP contribution in [0, 0.1) is 5.41 Å². The van der Waals surface area contributed by atoms with Crippen molar-refractivity contribution in [2.24, 2.45) is 4.99 Å². The third kappa shape index (κ3) is 4.36. The number of nitrogens with one attached hydrogen (secondary N) is 2. The summed E-state index contributed by atoms with van der Waals surface area (Å²) in [7, 11) is 0. The zero-order chi connectivity index (χ0) is 21.2. The topological polar surface area (TPSA) is 77.3 Å². The highest BCUT2D eigenvalue weighted by Gasteiger charge is 2.21. The number of pyridine rings is 2. The lowest BCUT2D eigenvalue weighted by Crippen LogP contribution is -2.35. The molecule has 1 saturated heterocycles. The van der Waals surface area contributed by atoms with E-state index >= 15 is 0 Å². The molecule has 2 aromatic heterocycles. The molecule has 3 aromatic rings. The van der Waals surface area contributed by atoms with Crippen LogP contribution in [-0.4, -0.2) is 33.8 Å². The van der Waals surface area contributed by atoms with E-state index < -0.39 is 0 Å². The number of fused-ring (bicyclic) bond motifs is 1. The Kier molecular flexibility index (Phi) is 5.74. The van der Waals surface area contributed by atoms with Gasteiger partial charge in [-0.25, -0.2) is 9.98 Å². The van der Waals surface area contributed by atoms with E-state index in [1.165, 1.54) is 0 Å². The fourth-order valence-electron chi connectivity index (χ4n) is 3.81. The number of hydrogen-bond donors (Lipinski definition) is 2. The number of hydrogen-bond acceptors (Lipinski definition) is 7. The van der Waals surface area contributed by atoms with Crippen molar-refractivity contribution >= 4 is 61.3 Å². The van der Waals surface area contributed by atoms with Crippen LogP contribution in [0.4, 0.5) is 22.9 Å². The van der Waals surface area contributed by atoms with E-state index in [0.717, 1.165) is 74.4 Å². The lowest BCUT2D eigenvalue weighted by Gasteiger charge is -2.31. The van der Waals surface area contributed by atoms with Crippen molar-refractivity contribution in [1.82, 2.24) is 9.97 Å². The van der Waals surface area contributed by atoms with Crippen molar-refractivity contribution in [3.8, 4) is 0 Å². The molecule has 1 aromatic carbocycles. The van der Waals surface area contributed by atoms with Gasteiger partial charge in [-0.3, -0.25) is 4.98 Å². The minimum atomic E-state index is 0.654. The molecule has 4 heterocycles. The Hall–Kier alpha value is -2.71. The number of halogens is 1. The molecule has 0 aliphatic carbocycles. The molecule has 31 heavy (non-hydrogen) atoms. The smallest absolute Gasteiger partial charge is 0.156 e. The van der Waals surface area contributed by atoms with Crippen molar-refractivity contribution in [2.75, 3.05) is 23.3 Å². The van der Waals surface area contributed by atoms with Gasteiger partial charge in [-0.2, -0.15) is 0 Å². The SMILES string of the molecule is N=C1CCCN(c2ccncc2Nc2nccc3c2N=C(c2ccc(Br)cc2)SC3)C1. The molecule has 0 radical (unpaired) electrons. The van der Waals surface area contributed by atoms with Gasteiger partial charge in [0.15, 0.2) is 5.82 Å². The minimum absolute atomic E-state index is 0.654. The summed E-state index contributed by atoms with van der Waals surface area (Å²) in [5, 5.41) is 12.6. The minimum Gasteiger partial charge on any atom is -0.364 e. The van der Waals surface area contributed by atoms with Crippen LogP contribution in [0.5, 0.6) is 0 Å². The van der Waals surface area contributed by atoms with Crippen molar-refractivity contribution in [3.63, 3.8) is 0 Å². The van der Waals surface area contributed by atoms with Crippen LogP contribution in [0.1, 0.15) is 24.0 Å². The van der Waals surface area contributed by atoms with Gasteiger partial charge in [0.1, 0.15) is 10.7 Å². The van der Waals surface area contributed by atoms with Crippen LogP contribution < -0.4 is 10.2 Å². The summed E-state index contributed by atoms with van der Waals surface area (Å²) < 4.78 is 1.05. The lowest BCUT2D eigenvalue weighted by atomic mass is 10.1. The number of benzene rings is 1. The average molecular weight is 493 g/mol. The van der Waals surface area contributed by atoms with Crippen LogP contribution in [0.15, 0.2) is 64.5 Å². The van der Waals surface area contributed by atoms with Gasteiger partial charge in [0.2, 0.25) is 0 Å². The standard InChI is InChI=1S/C23H21BrN6S/c24-17-5-3-15(4-6-17)23-29-21-16(14-31-23)7-10-27-22(21)28-19-12-26-9-8-20(19)30-11-1-2-18(25)13-30/h3-10,12,25H,1-2,11,13-14H2,(H,27,28). The fourth-order valence-corrected chi connectivity index (χ4v) is 5.06. The van der Waals surface area contributed by atoms with Gasteiger partial charge in [0.25, 0.3) is 0 Å². The zero-order valence-corrected chi connectivity index (χ0v) is 19.2. The number of aliphatic imine (C=N–C) groups is 1. The molecule has 8 heteroatoms. The largest absolute Gasteiger partial charge is 0.364 e. The van der Waals surface area contributed by atoms with E-state index in [4.69, 9.17) is 10.4 Å². The predicted molar refractivity (Wildman–Crippen MR) is 133 cm³/mol. The molecule has 0 spiro atoms. The molecule has 2 aliphatic heterocycles. The Bertz CT molecular complexity index is 1160. The van der Waals surface area contributed by atoms with Gasteiger partial charge in [0.05, 0.1) is 24.1 Å². The van der Waals surface area contributed by atoms with E-state index in [1.54, 1.807) is 18.0 Å². The first kappa shape index (κ1) is 20.2. The second-order valence-electron chi connectivity index (χ2n) is 7.53. The van der Waals surface area contributed by atoms with Gasteiger partial charge in [-0.15, -0.1) is 11.8 Å². The van der Waals surface area contributed by atoms with Gasteiger partial charge in [-0.05, 0) is 42.7 Å². The van der Waals surface area contributed by atoms with Crippen molar-refractivity contribution in [2.45, 2.75) is 18.6 Å². The Morgan fingerprint density at radius 3 is 2.81 bits per heavy atom. The first-order chi connectivity index (χ1) is 15.2. The molecule has 5 rings (SSSR count). The van der Waals surface area contributed by atoms with Crippen molar-refractivity contribution in [1.29, 1.82) is 5.41 Å². The summed E-state index contributed by atoms with van der Waals surface area (Å²) in [5.74, 6) is 1.58. The van der Waals surface area contributed by atoms with Gasteiger partial charge >= 0.3 is 0 Å². The molecule has 0 saturated carbocycles. The molecular formula is C23H21BrN6S. The Morgan fingerprint density at radius 2 is 1.97 bits per heavy atom. The summed E-state index contributed by atoms with van der Waals surface area (Å²) in [6, 6.07) is 12.3. The second kappa shape index (κ2) is 8.80. The van der Waals surface area contributed by atoms with Crippen molar-refractivity contribution < 1.29 is 0 Å². The van der Waals surface area contributed by atoms with Gasteiger partial charge in [0, 0.05) is 40.4 Å². The number of anilines is 3. The maximum Gasteiger partial charge on any atom is 0.156 e. The van der Waals surface area contributed by atoms with Crippen LogP contribution >= 0.6 is 27.7 Å². The van der Waals surface area contributed by atoms with Crippen LogP contribution in [0.25, 0.3) is 0 Å². The highest BCUT2D eigenvalue weighted by Crippen LogP contribution is 2.39. The number of thioether (sulfide) groups is 1. The quantitative estimate of drug-likeness (QED) is 0.471. The first-order valence-electron chi connectivity index (χ1n) is 10.1. The van der Waals surface area contributed by atoms with Gasteiger partial charge < -0.3 is 15.6 Å². The van der Waals surface area contributed by atoms with E-state index in [0.29, 0.717) is 6.54 Å². The molecule has 2 N–H and O–H groups in total. The summed E-state index contributed by atoms with van der Waals surface area (Å²) in [5.41, 5.74) is 5.83. The second-order valence-corrected chi connectivity index (χ2v) is 9.41. The predicted octanol–water partition coefficient (Wildman–Crippen LogP) is 5.93. The Labute approximate surface area is 193 Å². The third-order valence-corrected chi connectivity index (χ3v) is 6.94. The first-order valence-corrected chi connectivity index (χ1v) is 11.9. The van der Waals surface area contributed by atoms with Crippen LogP contribution in [0.2, 0.25) is 0 Å². The maximum absolute atomic E-state index is 8.09. The number of aromatic nitrogens is 2. The summed E-state index contributed by atoms with van der Waals surface area (Å²) in [6.45, 7) is 1.59. The zero-order valence-electron chi connectivity index (χ0n) is 16.8. The van der Waals surface area contributed by atoms with Crippen LogP contribution in [-0.2, 0) is 5.75 Å². The summed E-state index contributed by atoms with van der Waals surface area (Å²) in [6.07, 6.45) is 7.33. The molecular weight excluding hydrogens is 472 g/mol. The van der Waals surface area contributed by atoms with Crippen molar-refractivity contribution in [3.05, 3.63) is 70.6 Å². The Morgan fingerprint density at radius 1 is 1.10 bits per heavy atom. The van der Waals surface area contributed by atoms with E-state index in [-0.39, 0.29) is 0 Å². The fraction of sp³-hybridized carbons (Fsp3) is 0.217. The Balaban J connectivity index is 1.49. The average Bonchev–Trinajstić information content (AvgIpc) is 2.80. The molecule has 0 bridgehead atoms. The molecule has 0 unspecified atom stereocenters. The molecule has 6 nitrogen and oxygen atoms in total. The van der Waals surface area contributed by atoms with E-state index in [1.807, 2.05) is 36.7 Å². The molecule has 1 fully saturated rings. The number of piperidine rings is 1. The number of rotatable bonds is 4. The third-order valence-electron chi connectivity index (χ3n) is 5.36. The number of nitrogens with zero attached hydrogens (tertiary/aromatic N) is 4. The lowest BCUT2D eigenvalue weighted by molar-refractivity contribution is 0.743.